The smallest absolute Gasteiger partial charge is 0.168 e. The minimum absolute atomic E-state index is 0.239. The molecule has 0 aromatic rings. The monoisotopic (exact) mass is 283 g/mol. The molecule has 3 nitrogen and oxygen atoms in total. The van der Waals surface area contributed by atoms with Crippen molar-refractivity contribution in [2.45, 2.75) is 78.1 Å². The van der Waals surface area contributed by atoms with Gasteiger partial charge in [0.15, 0.2) is 5.79 Å². The predicted molar refractivity (Wildman–Crippen MR) is 82.7 cm³/mol. The largest absolute Gasteiger partial charge is 0.347 e. The molecule has 118 valence electrons. The van der Waals surface area contributed by atoms with Crippen LogP contribution >= 0.6 is 0 Å². The zero-order valence-electron chi connectivity index (χ0n) is 13.8. The van der Waals surface area contributed by atoms with Gasteiger partial charge in [-0.15, -0.1) is 0 Å². The van der Waals surface area contributed by atoms with Crippen LogP contribution in [0.4, 0.5) is 0 Å². The van der Waals surface area contributed by atoms with Crippen molar-refractivity contribution in [2.75, 3.05) is 19.7 Å². The molecule has 1 aliphatic carbocycles. The van der Waals surface area contributed by atoms with E-state index in [9.17, 15) is 0 Å². The van der Waals surface area contributed by atoms with Gasteiger partial charge in [0.2, 0.25) is 0 Å². The van der Waals surface area contributed by atoms with Gasteiger partial charge >= 0.3 is 0 Å². The van der Waals surface area contributed by atoms with E-state index in [4.69, 9.17) is 9.47 Å². The molecule has 0 radical (unpaired) electrons. The third-order valence-electron chi connectivity index (χ3n) is 5.57. The van der Waals surface area contributed by atoms with Crippen molar-refractivity contribution < 1.29 is 9.47 Å². The molecular weight excluding hydrogens is 250 g/mol. The summed E-state index contributed by atoms with van der Waals surface area (Å²) in [7, 11) is 0. The molecule has 3 heteroatoms. The van der Waals surface area contributed by atoms with Crippen molar-refractivity contribution in [3.63, 3.8) is 0 Å². The molecule has 2 aliphatic rings. The third kappa shape index (κ3) is 3.75. The van der Waals surface area contributed by atoms with Crippen LogP contribution in [0.5, 0.6) is 0 Å². The summed E-state index contributed by atoms with van der Waals surface area (Å²) in [6.07, 6.45) is 7.29. The Kier molecular flexibility index (Phi) is 5.49. The van der Waals surface area contributed by atoms with Crippen LogP contribution < -0.4 is 5.32 Å². The van der Waals surface area contributed by atoms with Gasteiger partial charge in [-0.05, 0) is 43.7 Å². The van der Waals surface area contributed by atoms with E-state index in [2.05, 4.69) is 33.0 Å². The van der Waals surface area contributed by atoms with E-state index >= 15 is 0 Å². The Morgan fingerprint density at radius 3 is 2.50 bits per heavy atom. The number of hydrogen-bond donors (Lipinski definition) is 1. The fourth-order valence-electron chi connectivity index (χ4n) is 3.59. The Hall–Kier alpha value is -0.120. The summed E-state index contributed by atoms with van der Waals surface area (Å²) in [5.41, 5.74) is 0.463. The van der Waals surface area contributed by atoms with Gasteiger partial charge in [-0.2, -0.15) is 0 Å². The van der Waals surface area contributed by atoms with E-state index in [0.717, 1.165) is 44.9 Å². The molecule has 1 saturated carbocycles. The lowest BCUT2D eigenvalue weighted by atomic mass is 9.68. The van der Waals surface area contributed by atoms with Crippen LogP contribution in [0.2, 0.25) is 0 Å². The van der Waals surface area contributed by atoms with Crippen LogP contribution in [-0.4, -0.2) is 31.6 Å². The summed E-state index contributed by atoms with van der Waals surface area (Å²) in [5.74, 6) is 0.586. The number of nitrogens with one attached hydrogen (secondary N) is 1. The summed E-state index contributed by atoms with van der Waals surface area (Å²) in [6, 6.07) is 0. The van der Waals surface area contributed by atoms with E-state index in [1.165, 1.54) is 19.3 Å². The van der Waals surface area contributed by atoms with Crippen molar-refractivity contribution in [2.24, 2.45) is 11.3 Å². The van der Waals surface area contributed by atoms with Crippen molar-refractivity contribution in [1.29, 1.82) is 0 Å². The Morgan fingerprint density at radius 2 is 1.90 bits per heavy atom. The van der Waals surface area contributed by atoms with E-state index in [0.29, 0.717) is 11.5 Å². The molecule has 20 heavy (non-hydrogen) atoms. The van der Waals surface area contributed by atoms with E-state index < -0.39 is 0 Å². The van der Waals surface area contributed by atoms with Gasteiger partial charge in [-0.25, -0.2) is 0 Å². The van der Waals surface area contributed by atoms with Gasteiger partial charge in [-0.3, -0.25) is 0 Å². The molecule has 1 N–H and O–H groups in total. The van der Waals surface area contributed by atoms with E-state index in [-0.39, 0.29) is 5.79 Å². The molecule has 0 bridgehead atoms. The van der Waals surface area contributed by atoms with Crippen molar-refractivity contribution in [3.8, 4) is 0 Å². The van der Waals surface area contributed by atoms with Crippen molar-refractivity contribution >= 4 is 0 Å². The molecule has 1 aliphatic heterocycles. The quantitative estimate of drug-likeness (QED) is 0.754. The molecular formula is C17H33NO2. The highest BCUT2D eigenvalue weighted by Crippen LogP contribution is 2.47. The molecule has 1 saturated heterocycles. The van der Waals surface area contributed by atoms with Crippen LogP contribution in [0.15, 0.2) is 0 Å². The van der Waals surface area contributed by atoms with E-state index in [1.54, 1.807) is 0 Å². The summed E-state index contributed by atoms with van der Waals surface area (Å²) >= 11 is 0. The van der Waals surface area contributed by atoms with Crippen LogP contribution in [0.25, 0.3) is 0 Å². The molecule has 1 spiro atoms. The van der Waals surface area contributed by atoms with Crippen LogP contribution in [0.1, 0.15) is 66.2 Å². The third-order valence-corrected chi connectivity index (χ3v) is 5.57. The highest BCUT2D eigenvalue weighted by molar-refractivity contribution is 4.89. The zero-order chi connectivity index (χ0) is 14.6. The maximum absolute atomic E-state index is 6.27. The lowest BCUT2D eigenvalue weighted by molar-refractivity contribution is -0.197. The lowest BCUT2D eigenvalue weighted by Crippen LogP contribution is -2.39. The van der Waals surface area contributed by atoms with E-state index in [1.807, 2.05) is 0 Å². The lowest BCUT2D eigenvalue weighted by Gasteiger charge is -2.42. The van der Waals surface area contributed by atoms with Crippen LogP contribution in [-0.2, 0) is 9.47 Å². The number of hydrogen-bond acceptors (Lipinski definition) is 3. The van der Waals surface area contributed by atoms with Crippen molar-refractivity contribution in [1.82, 2.24) is 5.32 Å². The fourth-order valence-corrected chi connectivity index (χ4v) is 3.59. The average molecular weight is 283 g/mol. The van der Waals surface area contributed by atoms with Crippen molar-refractivity contribution in [3.05, 3.63) is 0 Å². The van der Waals surface area contributed by atoms with Gasteiger partial charge in [0.05, 0.1) is 12.7 Å². The second-order valence-corrected chi connectivity index (χ2v) is 7.22. The molecule has 1 atom stereocenters. The first-order chi connectivity index (χ1) is 9.51. The second kappa shape index (κ2) is 6.76. The van der Waals surface area contributed by atoms with Gasteiger partial charge in [-0.1, -0.05) is 34.1 Å². The molecule has 0 aromatic carbocycles. The topological polar surface area (TPSA) is 30.5 Å². The zero-order valence-corrected chi connectivity index (χ0v) is 13.8. The SMILES string of the molecule is CCNCCC1COC2(CCC(C(C)(C)CC)CC2)O1. The molecule has 2 rings (SSSR count). The van der Waals surface area contributed by atoms with Gasteiger partial charge in [0.1, 0.15) is 0 Å². The maximum atomic E-state index is 6.27. The first kappa shape index (κ1) is 16.3. The molecule has 1 unspecified atom stereocenters. The number of ether oxygens (including phenoxy) is 2. The number of rotatable bonds is 6. The minimum atomic E-state index is -0.239. The Labute approximate surface area is 124 Å². The standard InChI is InChI=1S/C17H33NO2/c1-5-16(3,4)14-7-10-17(11-8-14)19-13-15(20-17)9-12-18-6-2/h14-15,18H,5-13H2,1-4H3. The van der Waals surface area contributed by atoms with Gasteiger partial charge < -0.3 is 14.8 Å². The molecule has 1 heterocycles. The summed E-state index contributed by atoms with van der Waals surface area (Å²) in [4.78, 5) is 0. The molecule has 2 fully saturated rings. The first-order valence-electron chi connectivity index (χ1n) is 8.54. The highest BCUT2D eigenvalue weighted by atomic mass is 16.7. The molecule has 0 aromatic heterocycles. The van der Waals surface area contributed by atoms with Gasteiger partial charge in [0, 0.05) is 12.8 Å². The normalized spacial score (nSPS) is 34.8. The fraction of sp³-hybridized carbons (Fsp3) is 1.00. The summed E-state index contributed by atoms with van der Waals surface area (Å²) in [6.45, 7) is 12.1. The summed E-state index contributed by atoms with van der Waals surface area (Å²) < 4.78 is 12.3. The average Bonchev–Trinajstić information content (AvgIpc) is 2.83. The van der Waals surface area contributed by atoms with Gasteiger partial charge in [0.25, 0.3) is 0 Å². The van der Waals surface area contributed by atoms with Crippen LogP contribution in [0, 0.1) is 11.3 Å². The Balaban J connectivity index is 1.79. The van der Waals surface area contributed by atoms with Crippen LogP contribution in [0.3, 0.4) is 0 Å². The summed E-state index contributed by atoms with van der Waals surface area (Å²) in [5, 5.41) is 3.37. The minimum Gasteiger partial charge on any atom is -0.347 e. The second-order valence-electron chi connectivity index (χ2n) is 7.22. The highest BCUT2D eigenvalue weighted by Gasteiger charge is 2.46. The Morgan fingerprint density at radius 1 is 1.20 bits per heavy atom. The maximum Gasteiger partial charge on any atom is 0.168 e. The first-order valence-corrected chi connectivity index (χ1v) is 8.54. The molecule has 0 amide bonds. The Bertz CT molecular complexity index is 295. The predicted octanol–water partition coefficient (Wildman–Crippen LogP) is 3.72.